The molecule has 4 nitrogen and oxygen atoms in total. The molecule has 1 saturated carbocycles. The number of nitrogens with two attached hydrogens (primary N) is 1. The van der Waals surface area contributed by atoms with E-state index in [9.17, 15) is 18.0 Å². The quantitative estimate of drug-likeness (QED) is 0.902. The summed E-state index contributed by atoms with van der Waals surface area (Å²) in [6, 6.07) is 3.23. The van der Waals surface area contributed by atoms with Gasteiger partial charge in [0.15, 0.2) is 0 Å². The van der Waals surface area contributed by atoms with Crippen molar-refractivity contribution < 1.29 is 18.0 Å². The number of rotatable bonds is 3. The largest absolute Gasteiger partial charge is 0.392 e. The fraction of sp³-hybridized carbons (Fsp3) is 0.571. The van der Waals surface area contributed by atoms with Crippen LogP contribution in [0.1, 0.15) is 31.2 Å². The van der Waals surface area contributed by atoms with Gasteiger partial charge in [-0.3, -0.25) is 4.79 Å². The van der Waals surface area contributed by atoms with Crippen LogP contribution in [0.25, 0.3) is 0 Å². The second-order valence-corrected chi connectivity index (χ2v) is 5.28. The number of halogens is 3. The van der Waals surface area contributed by atoms with E-state index in [0.717, 1.165) is 5.56 Å². The van der Waals surface area contributed by atoms with Crippen LogP contribution < -0.4 is 11.1 Å². The highest BCUT2D eigenvalue weighted by atomic mass is 19.4. The maximum absolute atomic E-state index is 13.0. The molecule has 1 amide bonds. The monoisotopic (exact) mass is 301 g/mol. The van der Waals surface area contributed by atoms with Gasteiger partial charge < -0.3 is 11.1 Å². The molecule has 2 atom stereocenters. The molecular formula is C14H18F3N3O. The first-order valence-electron chi connectivity index (χ1n) is 6.94. The molecule has 2 rings (SSSR count). The zero-order chi connectivity index (χ0) is 15.5. The smallest absolute Gasteiger partial charge is 0.326 e. The zero-order valence-corrected chi connectivity index (χ0v) is 11.5. The van der Waals surface area contributed by atoms with E-state index in [1.54, 1.807) is 12.1 Å². The Kier molecular flexibility index (Phi) is 4.82. The summed E-state index contributed by atoms with van der Waals surface area (Å²) in [5.41, 5.74) is 6.22. The maximum atomic E-state index is 13.0. The third kappa shape index (κ3) is 3.93. The molecule has 0 aromatic carbocycles. The Balaban J connectivity index is 2.06. The Morgan fingerprint density at radius 1 is 1.33 bits per heavy atom. The molecule has 2 unspecified atom stereocenters. The van der Waals surface area contributed by atoms with Crippen LogP contribution in [0.3, 0.4) is 0 Å². The lowest BCUT2D eigenvalue weighted by Gasteiger charge is -2.31. The summed E-state index contributed by atoms with van der Waals surface area (Å²) in [5, 5.41) is 2.47. The predicted molar refractivity (Wildman–Crippen MR) is 72.3 cm³/mol. The van der Waals surface area contributed by atoms with Gasteiger partial charge in [-0.2, -0.15) is 13.2 Å². The fourth-order valence-corrected chi connectivity index (χ4v) is 2.67. The summed E-state index contributed by atoms with van der Waals surface area (Å²) in [7, 11) is 0. The van der Waals surface area contributed by atoms with E-state index in [2.05, 4.69) is 10.3 Å². The average molecular weight is 301 g/mol. The second kappa shape index (κ2) is 6.43. The fourth-order valence-electron chi connectivity index (χ4n) is 2.67. The molecule has 1 heterocycles. The van der Waals surface area contributed by atoms with Crippen LogP contribution in [0.15, 0.2) is 18.3 Å². The van der Waals surface area contributed by atoms with E-state index in [1.165, 1.54) is 6.20 Å². The number of pyridine rings is 1. The molecule has 1 aliphatic rings. The van der Waals surface area contributed by atoms with Crippen LogP contribution >= 0.6 is 0 Å². The Bertz CT molecular complexity index is 487. The lowest BCUT2D eigenvalue weighted by molar-refractivity contribution is -0.197. The van der Waals surface area contributed by atoms with Gasteiger partial charge in [0, 0.05) is 18.7 Å². The second-order valence-electron chi connectivity index (χ2n) is 5.28. The molecule has 0 saturated heterocycles. The molecule has 0 bridgehead atoms. The number of carbonyl (C=O) groups excluding carboxylic acids is 1. The minimum Gasteiger partial charge on any atom is -0.326 e. The van der Waals surface area contributed by atoms with Gasteiger partial charge in [0.25, 0.3) is 0 Å². The number of nitrogens with zero attached hydrogens (tertiary/aromatic N) is 1. The molecule has 0 radical (unpaired) electrons. The molecule has 0 spiro atoms. The van der Waals surface area contributed by atoms with Gasteiger partial charge in [0.1, 0.15) is 5.82 Å². The van der Waals surface area contributed by atoms with Crippen molar-refractivity contribution in [3.05, 3.63) is 23.9 Å². The third-order valence-electron chi connectivity index (χ3n) is 3.83. The third-order valence-corrected chi connectivity index (χ3v) is 3.83. The van der Waals surface area contributed by atoms with Gasteiger partial charge in [-0.05, 0) is 24.5 Å². The molecular weight excluding hydrogens is 283 g/mol. The lowest BCUT2D eigenvalue weighted by atomic mass is 9.78. The van der Waals surface area contributed by atoms with Gasteiger partial charge in [-0.15, -0.1) is 0 Å². The average Bonchev–Trinajstić information content (AvgIpc) is 2.47. The Morgan fingerprint density at radius 3 is 2.62 bits per heavy atom. The van der Waals surface area contributed by atoms with Crippen LogP contribution in [0.4, 0.5) is 19.0 Å². The van der Waals surface area contributed by atoms with Crippen molar-refractivity contribution in [1.29, 1.82) is 0 Å². The Hall–Kier alpha value is -1.63. The molecule has 1 fully saturated rings. The van der Waals surface area contributed by atoms with E-state index in [0.29, 0.717) is 19.4 Å². The van der Waals surface area contributed by atoms with Crippen molar-refractivity contribution in [2.75, 3.05) is 5.32 Å². The maximum Gasteiger partial charge on any atom is 0.392 e. The van der Waals surface area contributed by atoms with Crippen LogP contribution in [0.2, 0.25) is 0 Å². The van der Waals surface area contributed by atoms with E-state index in [4.69, 9.17) is 5.73 Å². The van der Waals surface area contributed by atoms with Crippen molar-refractivity contribution in [3.8, 4) is 0 Å². The van der Waals surface area contributed by atoms with Crippen LogP contribution in [0, 0.1) is 11.8 Å². The van der Waals surface area contributed by atoms with Crippen molar-refractivity contribution in [2.45, 2.75) is 38.4 Å². The summed E-state index contributed by atoms with van der Waals surface area (Å²) in [6.07, 6.45) is -1.41. The van der Waals surface area contributed by atoms with Crippen molar-refractivity contribution >= 4 is 11.7 Å². The number of aromatic nitrogens is 1. The molecule has 1 aromatic rings. The summed E-state index contributed by atoms with van der Waals surface area (Å²) in [5.74, 6) is -2.95. The number of carbonyl (C=O) groups is 1. The minimum absolute atomic E-state index is 0.0150. The number of anilines is 1. The molecule has 0 aliphatic heterocycles. The number of nitrogens with one attached hydrogen (secondary N) is 1. The van der Waals surface area contributed by atoms with Gasteiger partial charge in [0.05, 0.1) is 5.92 Å². The molecule has 21 heavy (non-hydrogen) atoms. The van der Waals surface area contributed by atoms with Crippen molar-refractivity contribution in [3.63, 3.8) is 0 Å². The number of hydrogen-bond acceptors (Lipinski definition) is 3. The van der Waals surface area contributed by atoms with E-state index < -0.39 is 23.9 Å². The van der Waals surface area contributed by atoms with Gasteiger partial charge in [-0.25, -0.2) is 4.98 Å². The summed E-state index contributed by atoms with van der Waals surface area (Å²) in [6.45, 7) is 0.319. The Morgan fingerprint density at radius 2 is 2.05 bits per heavy atom. The Labute approximate surface area is 120 Å². The standard InChI is InChI=1S/C14H18F3N3O/c15-14(16,17)11-4-2-1-3-10(11)13(21)20-12-6-5-9(7-18)8-19-12/h5-6,8,10-11H,1-4,7,18H2,(H,19,20,21). The first-order valence-corrected chi connectivity index (χ1v) is 6.94. The van der Waals surface area contributed by atoms with Crippen molar-refractivity contribution in [1.82, 2.24) is 4.98 Å². The first-order chi connectivity index (χ1) is 9.91. The van der Waals surface area contributed by atoms with Crippen LogP contribution in [-0.2, 0) is 11.3 Å². The summed E-state index contributed by atoms with van der Waals surface area (Å²) < 4.78 is 38.9. The summed E-state index contributed by atoms with van der Waals surface area (Å²) in [4.78, 5) is 16.1. The number of hydrogen-bond donors (Lipinski definition) is 2. The lowest BCUT2D eigenvalue weighted by Crippen LogP contribution is -2.39. The first kappa shape index (κ1) is 15.8. The topological polar surface area (TPSA) is 68.0 Å². The highest BCUT2D eigenvalue weighted by Crippen LogP contribution is 2.41. The molecule has 3 N–H and O–H groups in total. The van der Waals surface area contributed by atoms with Gasteiger partial charge >= 0.3 is 6.18 Å². The van der Waals surface area contributed by atoms with E-state index in [1.807, 2.05) is 0 Å². The molecule has 116 valence electrons. The van der Waals surface area contributed by atoms with E-state index >= 15 is 0 Å². The van der Waals surface area contributed by atoms with E-state index in [-0.39, 0.29) is 18.7 Å². The zero-order valence-electron chi connectivity index (χ0n) is 11.5. The molecule has 1 aromatic heterocycles. The highest BCUT2D eigenvalue weighted by molar-refractivity contribution is 5.92. The minimum atomic E-state index is -4.33. The number of amides is 1. The molecule has 7 heteroatoms. The van der Waals surface area contributed by atoms with Crippen molar-refractivity contribution in [2.24, 2.45) is 17.6 Å². The summed E-state index contributed by atoms with van der Waals surface area (Å²) >= 11 is 0. The van der Waals surface area contributed by atoms with Crippen LogP contribution in [0.5, 0.6) is 0 Å². The normalized spacial score (nSPS) is 22.9. The van der Waals surface area contributed by atoms with Crippen LogP contribution in [-0.4, -0.2) is 17.1 Å². The number of alkyl halides is 3. The molecule has 1 aliphatic carbocycles. The van der Waals surface area contributed by atoms with Gasteiger partial charge in [-0.1, -0.05) is 18.9 Å². The highest BCUT2D eigenvalue weighted by Gasteiger charge is 2.48. The SMILES string of the molecule is NCc1ccc(NC(=O)C2CCCCC2C(F)(F)F)nc1. The van der Waals surface area contributed by atoms with Gasteiger partial charge in [0.2, 0.25) is 5.91 Å². The predicted octanol–water partition coefficient (Wildman–Crippen LogP) is 2.85.